The molecule has 0 spiro atoms. The van der Waals surface area contributed by atoms with Crippen LogP contribution in [0.2, 0.25) is 0 Å². The Morgan fingerprint density at radius 3 is 3.11 bits per heavy atom. The van der Waals surface area contributed by atoms with Gasteiger partial charge in [0.2, 0.25) is 5.91 Å². The number of carbonyl (C=O) groups excluding carboxylic acids is 1. The summed E-state index contributed by atoms with van der Waals surface area (Å²) in [6.45, 7) is 1.47. The molecular weight excluding hydrogens is 228 g/mol. The Labute approximate surface area is 107 Å². The summed E-state index contributed by atoms with van der Waals surface area (Å²) in [5.74, 6) is 2.05. The number of hydrogen-bond acceptors (Lipinski definition) is 3. The first-order valence-corrected chi connectivity index (χ1v) is 7.03. The molecule has 0 saturated heterocycles. The molecule has 0 radical (unpaired) electrons. The van der Waals surface area contributed by atoms with Gasteiger partial charge in [-0.15, -0.1) is 0 Å². The van der Waals surface area contributed by atoms with Gasteiger partial charge in [-0.3, -0.25) is 4.79 Å². The van der Waals surface area contributed by atoms with E-state index in [2.05, 4.69) is 5.16 Å². The number of fused-ring (bicyclic) bond motifs is 1. The summed E-state index contributed by atoms with van der Waals surface area (Å²) < 4.78 is 5.14. The van der Waals surface area contributed by atoms with E-state index in [9.17, 15) is 4.79 Å². The Kier molecular flexibility index (Phi) is 3.35. The van der Waals surface area contributed by atoms with Crippen molar-refractivity contribution in [1.29, 1.82) is 0 Å². The average Bonchev–Trinajstić information content (AvgIpc) is 3.05. The molecule has 1 aliphatic carbocycles. The molecule has 0 unspecified atom stereocenters. The normalized spacial score (nSPS) is 20.1. The molecule has 1 aromatic rings. The van der Waals surface area contributed by atoms with Crippen molar-refractivity contribution >= 4 is 5.91 Å². The lowest BCUT2D eigenvalue weighted by Gasteiger charge is -2.26. The van der Waals surface area contributed by atoms with Crippen LogP contribution in [0, 0.1) is 5.92 Å². The van der Waals surface area contributed by atoms with Crippen LogP contribution in [0.1, 0.15) is 49.8 Å². The van der Waals surface area contributed by atoms with Crippen LogP contribution in [0.15, 0.2) is 10.7 Å². The predicted octanol–water partition coefficient (Wildman–Crippen LogP) is 2.53. The van der Waals surface area contributed by atoms with Crippen molar-refractivity contribution in [1.82, 2.24) is 10.1 Å². The molecule has 2 aliphatic rings. The molecule has 0 bridgehead atoms. The maximum Gasteiger partial charge on any atom is 0.222 e. The third-order valence-electron chi connectivity index (χ3n) is 4.29. The minimum absolute atomic E-state index is 0.300. The highest BCUT2D eigenvalue weighted by atomic mass is 16.5. The Morgan fingerprint density at radius 2 is 2.28 bits per heavy atom. The molecule has 0 atom stereocenters. The molecule has 0 aromatic carbocycles. The molecule has 1 saturated carbocycles. The highest BCUT2D eigenvalue weighted by Crippen LogP contribution is 2.29. The standard InChI is InChI=1S/C14H20N2O2/c17-14(6-5-11-3-1-2-4-11)16-8-7-13-12(10-16)9-15-18-13/h9,11H,1-8,10H2. The van der Waals surface area contributed by atoms with Gasteiger partial charge in [-0.25, -0.2) is 0 Å². The molecule has 1 aromatic heterocycles. The Balaban J connectivity index is 1.51. The van der Waals surface area contributed by atoms with Crippen LogP contribution >= 0.6 is 0 Å². The van der Waals surface area contributed by atoms with Crippen molar-refractivity contribution in [3.63, 3.8) is 0 Å². The average molecular weight is 248 g/mol. The monoisotopic (exact) mass is 248 g/mol. The van der Waals surface area contributed by atoms with Crippen molar-refractivity contribution < 1.29 is 9.32 Å². The van der Waals surface area contributed by atoms with Gasteiger partial charge >= 0.3 is 0 Å². The van der Waals surface area contributed by atoms with Gasteiger partial charge in [0.1, 0.15) is 5.76 Å². The smallest absolute Gasteiger partial charge is 0.222 e. The summed E-state index contributed by atoms with van der Waals surface area (Å²) in [5, 5.41) is 3.79. The second-order valence-electron chi connectivity index (χ2n) is 5.53. The highest BCUT2D eigenvalue weighted by Gasteiger charge is 2.24. The lowest BCUT2D eigenvalue weighted by Crippen LogP contribution is -2.35. The first kappa shape index (κ1) is 11.8. The number of nitrogens with zero attached hydrogens (tertiary/aromatic N) is 2. The molecule has 1 fully saturated rings. The summed E-state index contributed by atoms with van der Waals surface area (Å²) in [4.78, 5) is 14.1. The fraction of sp³-hybridized carbons (Fsp3) is 0.714. The largest absolute Gasteiger partial charge is 0.361 e. The van der Waals surface area contributed by atoms with E-state index >= 15 is 0 Å². The molecule has 18 heavy (non-hydrogen) atoms. The summed E-state index contributed by atoms with van der Waals surface area (Å²) in [6, 6.07) is 0. The second-order valence-corrected chi connectivity index (χ2v) is 5.53. The van der Waals surface area contributed by atoms with Crippen molar-refractivity contribution in [3.05, 3.63) is 17.5 Å². The molecular formula is C14H20N2O2. The molecule has 1 amide bonds. The van der Waals surface area contributed by atoms with Gasteiger partial charge in [-0.05, 0) is 12.3 Å². The summed E-state index contributed by atoms with van der Waals surface area (Å²) in [5.41, 5.74) is 1.08. The van der Waals surface area contributed by atoms with Gasteiger partial charge < -0.3 is 9.42 Å². The van der Waals surface area contributed by atoms with Crippen molar-refractivity contribution in [2.24, 2.45) is 5.92 Å². The maximum absolute atomic E-state index is 12.2. The van der Waals surface area contributed by atoms with Crippen molar-refractivity contribution in [2.75, 3.05) is 6.54 Å². The lowest BCUT2D eigenvalue weighted by atomic mass is 10.0. The molecule has 3 rings (SSSR count). The zero-order chi connectivity index (χ0) is 12.4. The molecule has 1 aliphatic heterocycles. The topological polar surface area (TPSA) is 46.3 Å². The van der Waals surface area contributed by atoms with Crippen LogP contribution < -0.4 is 0 Å². The van der Waals surface area contributed by atoms with Crippen LogP contribution in [0.25, 0.3) is 0 Å². The van der Waals surface area contributed by atoms with E-state index in [0.717, 1.165) is 36.6 Å². The first-order chi connectivity index (χ1) is 8.83. The van der Waals surface area contributed by atoms with Gasteiger partial charge in [0.15, 0.2) is 0 Å². The van der Waals surface area contributed by atoms with Crippen molar-refractivity contribution in [3.8, 4) is 0 Å². The minimum atomic E-state index is 0.300. The van der Waals surface area contributed by atoms with E-state index < -0.39 is 0 Å². The SMILES string of the molecule is O=C(CCC1CCCC1)N1CCc2oncc2C1. The number of amides is 1. The van der Waals surface area contributed by atoms with Crippen LogP contribution in [0.4, 0.5) is 0 Å². The number of rotatable bonds is 3. The Bertz CT molecular complexity index is 421. The Morgan fingerprint density at radius 1 is 1.44 bits per heavy atom. The zero-order valence-electron chi connectivity index (χ0n) is 10.7. The van der Waals surface area contributed by atoms with E-state index in [1.54, 1.807) is 6.20 Å². The fourth-order valence-electron chi connectivity index (χ4n) is 3.14. The quantitative estimate of drug-likeness (QED) is 0.825. The predicted molar refractivity (Wildman–Crippen MR) is 66.8 cm³/mol. The fourth-order valence-corrected chi connectivity index (χ4v) is 3.14. The molecule has 0 N–H and O–H groups in total. The van der Waals surface area contributed by atoms with Gasteiger partial charge in [-0.1, -0.05) is 30.8 Å². The first-order valence-electron chi connectivity index (χ1n) is 7.03. The second kappa shape index (κ2) is 5.12. The van der Waals surface area contributed by atoms with Gasteiger partial charge in [-0.2, -0.15) is 0 Å². The van der Waals surface area contributed by atoms with Gasteiger partial charge in [0, 0.05) is 24.9 Å². The van der Waals surface area contributed by atoms with Gasteiger partial charge in [0.05, 0.1) is 12.7 Å². The van der Waals surface area contributed by atoms with E-state index in [-0.39, 0.29) is 0 Å². The summed E-state index contributed by atoms with van der Waals surface area (Å²) in [7, 11) is 0. The van der Waals surface area contributed by atoms with E-state index in [1.165, 1.54) is 25.7 Å². The molecule has 98 valence electrons. The van der Waals surface area contributed by atoms with Crippen LogP contribution in [-0.2, 0) is 17.8 Å². The highest BCUT2D eigenvalue weighted by molar-refractivity contribution is 5.76. The van der Waals surface area contributed by atoms with E-state index in [0.29, 0.717) is 18.9 Å². The Hall–Kier alpha value is -1.32. The van der Waals surface area contributed by atoms with Crippen LogP contribution in [0.3, 0.4) is 0 Å². The minimum Gasteiger partial charge on any atom is -0.361 e. The van der Waals surface area contributed by atoms with E-state index in [4.69, 9.17) is 4.52 Å². The molecule has 4 nitrogen and oxygen atoms in total. The maximum atomic E-state index is 12.2. The third-order valence-corrected chi connectivity index (χ3v) is 4.29. The van der Waals surface area contributed by atoms with Crippen LogP contribution in [0.5, 0.6) is 0 Å². The van der Waals surface area contributed by atoms with Crippen molar-refractivity contribution in [2.45, 2.75) is 51.5 Å². The van der Waals surface area contributed by atoms with Gasteiger partial charge in [0.25, 0.3) is 0 Å². The molecule has 4 heteroatoms. The van der Waals surface area contributed by atoms with Crippen LogP contribution in [-0.4, -0.2) is 22.5 Å². The zero-order valence-corrected chi connectivity index (χ0v) is 10.7. The third kappa shape index (κ3) is 2.42. The molecule has 2 heterocycles. The summed E-state index contributed by atoms with van der Waals surface area (Å²) in [6.07, 6.45) is 9.69. The van der Waals surface area contributed by atoms with E-state index in [1.807, 2.05) is 4.90 Å². The lowest BCUT2D eigenvalue weighted by molar-refractivity contribution is -0.132. The number of aromatic nitrogens is 1. The number of hydrogen-bond donors (Lipinski definition) is 0. The summed E-state index contributed by atoms with van der Waals surface area (Å²) >= 11 is 0. The number of carbonyl (C=O) groups is 1.